The van der Waals surface area contributed by atoms with Crippen LogP contribution in [-0.4, -0.2) is 49.5 Å². The molecule has 23 heavy (non-hydrogen) atoms. The summed E-state index contributed by atoms with van der Waals surface area (Å²) in [4.78, 5) is 4.63. The normalized spacial score (nSPS) is 27.2. The van der Waals surface area contributed by atoms with Crippen molar-refractivity contribution in [3.63, 3.8) is 0 Å². The fraction of sp³-hybridized carbons (Fsp3) is 0.941. The van der Waals surface area contributed by atoms with Crippen LogP contribution in [0.15, 0.2) is 4.99 Å². The van der Waals surface area contributed by atoms with E-state index in [9.17, 15) is 0 Å². The second-order valence-electron chi connectivity index (χ2n) is 6.82. The second kappa shape index (κ2) is 10.0. The van der Waals surface area contributed by atoms with Gasteiger partial charge in [0.25, 0.3) is 0 Å². The predicted octanol–water partition coefficient (Wildman–Crippen LogP) is 2.53. The third-order valence-corrected chi connectivity index (χ3v) is 5.22. The fourth-order valence-corrected chi connectivity index (χ4v) is 3.88. The summed E-state index contributed by atoms with van der Waals surface area (Å²) in [5, 5.41) is 16.1. The summed E-state index contributed by atoms with van der Waals surface area (Å²) in [5.41, 5.74) is 0.314. The Morgan fingerprint density at radius 3 is 2.61 bits per heavy atom. The van der Waals surface area contributed by atoms with E-state index in [0.717, 1.165) is 25.5 Å². The lowest BCUT2D eigenvalue weighted by Gasteiger charge is -2.54. The highest BCUT2D eigenvalue weighted by atomic mass is 127. The lowest BCUT2D eigenvalue weighted by atomic mass is 9.60. The van der Waals surface area contributed by atoms with Crippen molar-refractivity contribution in [3.8, 4) is 0 Å². The summed E-state index contributed by atoms with van der Waals surface area (Å²) in [5.74, 6) is 1.09. The van der Waals surface area contributed by atoms with Gasteiger partial charge in [-0.25, -0.2) is 0 Å². The molecule has 136 valence electrons. The Morgan fingerprint density at radius 1 is 1.35 bits per heavy atom. The van der Waals surface area contributed by atoms with E-state index in [2.05, 4.69) is 29.5 Å². The highest BCUT2D eigenvalue weighted by Gasteiger charge is 2.56. The van der Waals surface area contributed by atoms with E-state index in [-0.39, 0.29) is 36.5 Å². The number of guanidine groups is 1. The van der Waals surface area contributed by atoms with Gasteiger partial charge in [-0.3, -0.25) is 4.99 Å². The van der Waals surface area contributed by atoms with Crippen molar-refractivity contribution in [2.75, 3.05) is 26.3 Å². The molecule has 5 nitrogen and oxygen atoms in total. The van der Waals surface area contributed by atoms with Crippen molar-refractivity contribution in [1.29, 1.82) is 0 Å². The Bertz CT molecular complexity index is 373. The molecule has 2 aliphatic carbocycles. The van der Waals surface area contributed by atoms with Crippen LogP contribution in [0.2, 0.25) is 0 Å². The number of nitrogens with zero attached hydrogens (tertiary/aromatic N) is 1. The number of nitrogens with one attached hydrogen (secondary N) is 2. The lowest BCUT2D eigenvalue weighted by molar-refractivity contribution is -0.125. The topological polar surface area (TPSA) is 65.9 Å². The molecule has 3 unspecified atom stereocenters. The molecule has 2 aliphatic rings. The van der Waals surface area contributed by atoms with Gasteiger partial charge in [-0.15, -0.1) is 24.0 Å². The van der Waals surface area contributed by atoms with Crippen LogP contribution in [0.1, 0.15) is 52.9 Å². The highest BCUT2D eigenvalue weighted by Crippen LogP contribution is 2.54. The average molecular weight is 439 g/mol. The highest BCUT2D eigenvalue weighted by molar-refractivity contribution is 14.0. The van der Waals surface area contributed by atoms with Crippen LogP contribution in [0, 0.1) is 11.3 Å². The maximum atomic E-state index is 9.15. The molecule has 0 aromatic carbocycles. The SMILES string of the molecule is CCNC(=NCC(C)CO)NC1CC(OCC)C12CCCC2.I. The van der Waals surface area contributed by atoms with Crippen molar-refractivity contribution >= 4 is 29.9 Å². The van der Waals surface area contributed by atoms with Crippen molar-refractivity contribution in [2.45, 2.75) is 65.0 Å². The van der Waals surface area contributed by atoms with Crippen molar-refractivity contribution in [2.24, 2.45) is 16.3 Å². The minimum Gasteiger partial charge on any atom is -0.396 e. The van der Waals surface area contributed by atoms with Gasteiger partial charge in [-0.05, 0) is 39.0 Å². The van der Waals surface area contributed by atoms with Crippen LogP contribution in [-0.2, 0) is 4.74 Å². The first-order valence-electron chi connectivity index (χ1n) is 8.93. The van der Waals surface area contributed by atoms with Gasteiger partial charge in [0, 0.05) is 37.8 Å². The number of aliphatic hydroxyl groups is 1. The zero-order chi connectivity index (χ0) is 16.0. The van der Waals surface area contributed by atoms with Crippen LogP contribution in [0.4, 0.5) is 0 Å². The van der Waals surface area contributed by atoms with E-state index >= 15 is 0 Å². The van der Waals surface area contributed by atoms with E-state index in [1.807, 2.05) is 6.92 Å². The standard InChI is InChI=1S/C17H33N3O2.HI/c1-4-18-16(19-11-13(3)12-21)20-14-10-15(22-5-2)17(14)8-6-7-9-17;/h13-15,21H,4-12H2,1-3H3,(H2,18,19,20);1H. The minimum absolute atomic E-state index is 0. The second-order valence-corrected chi connectivity index (χ2v) is 6.82. The quantitative estimate of drug-likeness (QED) is 0.324. The molecule has 6 heteroatoms. The summed E-state index contributed by atoms with van der Waals surface area (Å²) in [7, 11) is 0. The maximum absolute atomic E-state index is 9.15. The molecule has 1 spiro atoms. The third kappa shape index (κ3) is 4.95. The molecule has 2 fully saturated rings. The smallest absolute Gasteiger partial charge is 0.191 e. The molecule has 0 heterocycles. The van der Waals surface area contributed by atoms with Crippen LogP contribution in [0.3, 0.4) is 0 Å². The Balaban J connectivity index is 0.00000264. The Labute approximate surface area is 158 Å². The molecule has 3 atom stereocenters. The molecule has 0 bridgehead atoms. The van der Waals surface area contributed by atoms with Crippen molar-refractivity contribution in [1.82, 2.24) is 10.6 Å². The molecule has 3 N–H and O–H groups in total. The summed E-state index contributed by atoms with van der Waals surface area (Å²) in [6.45, 7) is 8.69. The third-order valence-electron chi connectivity index (χ3n) is 5.22. The number of aliphatic imine (C=N–C) groups is 1. The summed E-state index contributed by atoms with van der Waals surface area (Å²) in [6.07, 6.45) is 6.66. The Hall–Kier alpha value is -0.0800. The molecule has 0 aromatic heterocycles. The molecule has 0 radical (unpaired) electrons. The van der Waals surface area contributed by atoms with Gasteiger partial charge in [0.2, 0.25) is 0 Å². The minimum atomic E-state index is 0. The summed E-state index contributed by atoms with van der Waals surface area (Å²) >= 11 is 0. The van der Waals surface area contributed by atoms with Crippen LogP contribution >= 0.6 is 24.0 Å². The van der Waals surface area contributed by atoms with Gasteiger partial charge < -0.3 is 20.5 Å². The first-order valence-corrected chi connectivity index (χ1v) is 8.93. The molecule has 2 saturated carbocycles. The first kappa shape index (κ1) is 21.0. The molecule has 0 saturated heterocycles. The average Bonchev–Trinajstić information content (AvgIpc) is 3.03. The van der Waals surface area contributed by atoms with Gasteiger partial charge in [0.1, 0.15) is 0 Å². The molecule has 2 rings (SSSR count). The van der Waals surface area contributed by atoms with Crippen molar-refractivity contribution < 1.29 is 9.84 Å². The molecule has 0 aromatic rings. The number of ether oxygens (including phenoxy) is 1. The van der Waals surface area contributed by atoms with E-state index in [4.69, 9.17) is 9.84 Å². The van der Waals surface area contributed by atoms with Crippen LogP contribution in [0.5, 0.6) is 0 Å². The molecule has 0 amide bonds. The maximum Gasteiger partial charge on any atom is 0.191 e. The van der Waals surface area contributed by atoms with Crippen molar-refractivity contribution in [3.05, 3.63) is 0 Å². The fourth-order valence-electron chi connectivity index (χ4n) is 3.88. The van der Waals surface area contributed by atoms with Gasteiger partial charge in [0.15, 0.2) is 5.96 Å². The van der Waals surface area contributed by atoms with Gasteiger partial charge >= 0.3 is 0 Å². The Morgan fingerprint density at radius 2 is 2.04 bits per heavy atom. The predicted molar refractivity (Wildman–Crippen MR) is 105 cm³/mol. The number of halogens is 1. The van der Waals surface area contributed by atoms with E-state index < -0.39 is 0 Å². The number of aliphatic hydroxyl groups excluding tert-OH is 1. The summed E-state index contributed by atoms with van der Waals surface area (Å²) in [6, 6.07) is 0.466. The zero-order valence-electron chi connectivity index (χ0n) is 14.8. The largest absolute Gasteiger partial charge is 0.396 e. The van der Waals surface area contributed by atoms with E-state index in [0.29, 0.717) is 24.1 Å². The zero-order valence-corrected chi connectivity index (χ0v) is 17.1. The molecular weight excluding hydrogens is 405 g/mol. The number of rotatable bonds is 7. The number of hydrogen-bond acceptors (Lipinski definition) is 3. The lowest BCUT2D eigenvalue weighted by Crippen LogP contribution is -2.65. The van der Waals surface area contributed by atoms with E-state index in [1.165, 1.54) is 25.7 Å². The number of hydrogen-bond donors (Lipinski definition) is 3. The molecule has 0 aliphatic heterocycles. The monoisotopic (exact) mass is 439 g/mol. The van der Waals surface area contributed by atoms with Crippen LogP contribution < -0.4 is 10.6 Å². The van der Waals surface area contributed by atoms with Crippen LogP contribution in [0.25, 0.3) is 0 Å². The van der Waals surface area contributed by atoms with Gasteiger partial charge in [-0.1, -0.05) is 19.8 Å². The first-order chi connectivity index (χ1) is 10.7. The summed E-state index contributed by atoms with van der Waals surface area (Å²) < 4.78 is 5.97. The van der Waals surface area contributed by atoms with E-state index in [1.54, 1.807) is 0 Å². The Kier molecular flexibility index (Phi) is 9.15. The molecular formula is C17H34IN3O2. The van der Waals surface area contributed by atoms with Gasteiger partial charge in [0.05, 0.1) is 6.10 Å². The van der Waals surface area contributed by atoms with Gasteiger partial charge in [-0.2, -0.15) is 0 Å².